The zero-order valence-electron chi connectivity index (χ0n) is 30.9. The molecule has 0 unspecified atom stereocenters. The van der Waals surface area contributed by atoms with Crippen LogP contribution >= 0.6 is 0 Å². The lowest BCUT2D eigenvalue weighted by atomic mass is 9.53. The van der Waals surface area contributed by atoms with E-state index in [2.05, 4.69) is 89.7 Å². The molecule has 6 aliphatic rings. The molecule has 7 heteroatoms. The van der Waals surface area contributed by atoms with E-state index in [-0.39, 0.29) is 36.3 Å². The largest absolute Gasteiger partial charge is 0.392 e. The number of benzene rings is 3. The molecule has 3 aromatic rings. The number of aliphatic hydroxyl groups excluding tert-OH is 1. The third-order valence-corrected chi connectivity index (χ3v) is 13.0. The lowest BCUT2D eigenvalue weighted by Crippen LogP contribution is -2.61. The Kier molecular flexibility index (Phi) is 10.6. The quantitative estimate of drug-likeness (QED) is 0.164. The van der Waals surface area contributed by atoms with Gasteiger partial charge in [-0.2, -0.15) is 0 Å². The summed E-state index contributed by atoms with van der Waals surface area (Å²) in [5.74, 6) is 2.51. The van der Waals surface area contributed by atoms with Gasteiger partial charge in [0.2, 0.25) is 0 Å². The zero-order valence-corrected chi connectivity index (χ0v) is 30.9. The van der Waals surface area contributed by atoms with E-state index in [1.807, 2.05) is 18.2 Å². The maximum atomic E-state index is 13.2. The van der Waals surface area contributed by atoms with Gasteiger partial charge in [0.1, 0.15) is 0 Å². The number of carbonyl (C=O) groups excluding carboxylic acids is 1. The van der Waals surface area contributed by atoms with Gasteiger partial charge in [0.25, 0.3) is 0 Å². The van der Waals surface area contributed by atoms with Crippen molar-refractivity contribution in [2.75, 3.05) is 13.1 Å². The minimum absolute atomic E-state index is 0.00349. The highest BCUT2D eigenvalue weighted by atomic mass is 16.7. The molecular formula is C45H57N3O4. The molecule has 6 fully saturated rings. The number of nitrogens with zero attached hydrogens (tertiary/aromatic N) is 1. The third kappa shape index (κ3) is 7.75. The van der Waals surface area contributed by atoms with Gasteiger partial charge < -0.3 is 25.2 Å². The van der Waals surface area contributed by atoms with Crippen molar-refractivity contribution >= 4 is 6.03 Å². The molecule has 0 aromatic heterocycles. The fraction of sp³-hybridized carbons (Fsp3) is 0.533. The second-order valence-corrected chi connectivity index (χ2v) is 16.8. The molecule has 1 heterocycles. The Labute approximate surface area is 310 Å². The predicted octanol–water partition coefficient (Wildman–Crippen LogP) is 8.84. The third-order valence-electron chi connectivity index (χ3n) is 13.0. The molecule has 52 heavy (non-hydrogen) atoms. The van der Waals surface area contributed by atoms with E-state index in [0.717, 1.165) is 83.5 Å². The molecule has 9 rings (SSSR count). The number of carbonyl (C=O) groups is 1. The van der Waals surface area contributed by atoms with Crippen molar-refractivity contribution in [3.63, 3.8) is 0 Å². The van der Waals surface area contributed by atoms with Crippen molar-refractivity contribution in [1.82, 2.24) is 15.5 Å². The highest BCUT2D eigenvalue weighted by Gasteiger charge is 2.51. The lowest BCUT2D eigenvalue weighted by molar-refractivity contribution is -0.276. The van der Waals surface area contributed by atoms with Gasteiger partial charge in [0, 0.05) is 42.7 Å². The van der Waals surface area contributed by atoms with Crippen molar-refractivity contribution in [2.45, 2.75) is 114 Å². The maximum absolute atomic E-state index is 13.2. The van der Waals surface area contributed by atoms with E-state index in [9.17, 15) is 9.90 Å². The molecule has 3 N–H and O–H groups in total. The van der Waals surface area contributed by atoms with Crippen LogP contribution in [0.1, 0.15) is 106 Å². The Balaban J connectivity index is 0.979. The summed E-state index contributed by atoms with van der Waals surface area (Å²) in [5, 5.41) is 16.3. The highest BCUT2D eigenvalue weighted by Crippen LogP contribution is 2.55. The van der Waals surface area contributed by atoms with E-state index in [1.54, 1.807) is 0 Å². The Morgan fingerprint density at radius 2 is 1.56 bits per heavy atom. The van der Waals surface area contributed by atoms with Gasteiger partial charge >= 0.3 is 6.03 Å². The number of urea groups is 1. The molecule has 276 valence electrons. The van der Waals surface area contributed by atoms with Crippen LogP contribution in [0.4, 0.5) is 4.79 Å². The molecule has 0 radical (unpaired) electrons. The van der Waals surface area contributed by atoms with Gasteiger partial charge in [-0.1, -0.05) is 86.5 Å². The number of ether oxygens (including phenoxy) is 2. The molecule has 0 spiro atoms. The number of hydrogen-bond donors (Lipinski definition) is 3. The van der Waals surface area contributed by atoms with Gasteiger partial charge in [0.15, 0.2) is 6.29 Å². The van der Waals surface area contributed by atoms with Crippen LogP contribution in [0, 0.1) is 23.7 Å². The minimum Gasteiger partial charge on any atom is -0.392 e. The molecule has 4 atom stereocenters. The van der Waals surface area contributed by atoms with Crippen LogP contribution < -0.4 is 10.6 Å². The van der Waals surface area contributed by atoms with Gasteiger partial charge in [-0.3, -0.25) is 4.90 Å². The summed E-state index contributed by atoms with van der Waals surface area (Å²) < 4.78 is 13.7. The molecule has 5 aliphatic carbocycles. The van der Waals surface area contributed by atoms with Crippen LogP contribution in [0.15, 0.2) is 85.5 Å². The maximum Gasteiger partial charge on any atom is 0.315 e. The fourth-order valence-corrected chi connectivity index (χ4v) is 10.8. The first-order valence-electron chi connectivity index (χ1n) is 20.0. The SMILES string of the molecule is C=CCN(C[C@H]1O[C@@H](c2cccc(-c3cccc(CNC(=O)NC45CC6CC(CC(C6)C4)C5)c3)c2)O[C@@H](c2ccc(CO)cc2)[C@H]1C)C1CCCC1. The smallest absolute Gasteiger partial charge is 0.315 e. The summed E-state index contributed by atoms with van der Waals surface area (Å²) in [5.41, 5.74) is 6.24. The summed E-state index contributed by atoms with van der Waals surface area (Å²) >= 11 is 0. The average Bonchev–Trinajstić information content (AvgIpc) is 3.69. The predicted molar refractivity (Wildman–Crippen MR) is 205 cm³/mol. The standard InChI is InChI=1S/C45H57N3O4/c1-3-18-48(40-12-4-5-13-40)28-41-30(2)42(36-16-14-31(29-49)15-17-36)52-43(51-41)39-11-7-10-38(23-39)37-9-6-8-32(22-37)27-46-44(50)47-45-24-33-19-34(25-45)21-35(20-33)26-45/h3,6-11,14-17,22-23,30,33-35,40-43,49H,1,4-5,12-13,18-21,24-29H2,2H3,(H2,46,47,50)/t30-,33?,34?,35?,41+,42+,43+,45?/m0/s1. The van der Waals surface area contributed by atoms with Crippen molar-refractivity contribution in [3.8, 4) is 11.1 Å². The molecule has 4 bridgehead atoms. The summed E-state index contributed by atoms with van der Waals surface area (Å²) in [6, 6.07) is 25.7. The molecule has 7 nitrogen and oxygen atoms in total. The van der Waals surface area contributed by atoms with Crippen LogP contribution in [-0.4, -0.2) is 46.8 Å². The first-order valence-corrected chi connectivity index (χ1v) is 20.0. The number of rotatable bonds is 12. The van der Waals surface area contributed by atoms with E-state index >= 15 is 0 Å². The number of nitrogens with one attached hydrogen (secondary N) is 2. The zero-order chi connectivity index (χ0) is 35.7. The first-order chi connectivity index (χ1) is 25.4. The Hall–Kier alpha value is -3.49. The summed E-state index contributed by atoms with van der Waals surface area (Å²) in [7, 11) is 0. The molecule has 2 amide bonds. The van der Waals surface area contributed by atoms with Gasteiger partial charge in [-0.15, -0.1) is 6.58 Å². The van der Waals surface area contributed by atoms with Crippen LogP contribution in [0.2, 0.25) is 0 Å². The number of amides is 2. The molecule has 1 saturated heterocycles. The van der Waals surface area contributed by atoms with Crippen molar-refractivity contribution in [3.05, 3.63) is 108 Å². The number of aliphatic hydroxyl groups is 1. The molecule has 3 aromatic carbocycles. The van der Waals surface area contributed by atoms with Crippen LogP contribution in [0.25, 0.3) is 11.1 Å². The van der Waals surface area contributed by atoms with Crippen LogP contribution in [0.3, 0.4) is 0 Å². The Bertz CT molecular complexity index is 1670. The molecule has 1 aliphatic heterocycles. The van der Waals surface area contributed by atoms with Gasteiger partial charge in [0.05, 0.1) is 18.8 Å². The highest BCUT2D eigenvalue weighted by molar-refractivity contribution is 5.75. The first kappa shape index (κ1) is 35.5. The van der Waals surface area contributed by atoms with Crippen molar-refractivity contribution in [2.24, 2.45) is 23.7 Å². The van der Waals surface area contributed by atoms with E-state index in [4.69, 9.17) is 9.47 Å². The van der Waals surface area contributed by atoms with Gasteiger partial charge in [-0.25, -0.2) is 4.79 Å². The van der Waals surface area contributed by atoms with E-state index in [1.165, 1.54) is 44.9 Å². The normalized spacial score (nSPS) is 31.2. The van der Waals surface area contributed by atoms with Crippen LogP contribution in [0.5, 0.6) is 0 Å². The summed E-state index contributed by atoms with van der Waals surface area (Å²) in [6.45, 7) is 8.50. The topological polar surface area (TPSA) is 83.1 Å². The summed E-state index contributed by atoms with van der Waals surface area (Å²) in [6.07, 6.45) is 13.9. The van der Waals surface area contributed by atoms with Gasteiger partial charge in [-0.05, 0) is 109 Å². The Morgan fingerprint density at radius 3 is 2.23 bits per heavy atom. The van der Waals surface area contributed by atoms with E-state index < -0.39 is 6.29 Å². The second-order valence-electron chi connectivity index (χ2n) is 16.8. The summed E-state index contributed by atoms with van der Waals surface area (Å²) in [4.78, 5) is 15.8. The molecular weight excluding hydrogens is 647 g/mol. The van der Waals surface area contributed by atoms with E-state index in [0.29, 0.717) is 12.6 Å². The molecule has 5 saturated carbocycles. The average molecular weight is 704 g/mol. The lowest BCUT2D eigenvalue weighted by Gasteiger charge is -2.56. The Morgan fingerprint density at radius 1 is 0.885 bits per heavy atom. The van der Waals surface area contributed by atoms with Crippen LogP contribution in [-0.2, 0) is 22.6 Å². The monoisotopic (exact) mass is 703 g/mol. The van der Waals surface area contributed by atoms with Crippen molar-refractivity contribution < 1.29 is 19.4 Å². The second kappa shape index (κ2) is 15.5. The fourth-order valence-electron chi connectivity index (χ4n) is 10.8. The van der Waals surface area contributed by atoms with Crippen molar-refractivity contribution in [1.29, 1.82) is 0 Å². The minimum atomic E-state index is -0.532. The number of hydrogen-bond acceptors (Lipinski definition) is 5.